The molecule has 0 bridgehead atoms. The number of rotatable bonds is 4. The molecule has 0 aliphatic carbocycles. The number of amides is 1. The van der Waals surface area contributed by atoms with Crippen LogP contribution in [0.3, 0.4) is 0 Å². The Kier molecular flexibility index (Phi) is 5.19. The summed E-state index contributed by atoms with van der Waals surface area (Å²) in [7, 11) is 4.03. The summed E-state index contributed by atoms with van der Waals surface area (Å²) < 4.78 is 5.77. The molecule has 0 N–H and O–H groups in total. The van der Waals surface area contributed by atoms with Crippen LogP contribution >= 0.6 is 0 Å². The largest absolute Gasteiger partial charge is 0.465 e. The smallest absolute Gasteiger partial charge is 0.253 e. The molecule has 28 heavy (non-hydrogen) atoms. The molecule has 5 nitrogen and oxygen atoms in total. The fourth-order valence-corrected chi connectivity index (χ4v) is 4.76. The second-order valence-corrected chi connectivity index (χ2v) is 8.74. The maximum Gasteiger partial charge on any atom is 0.253 e. The van der Waals surface area contributed by atoms with Gasteiger partial charge in [0.15, 0.2) is 0 Å². The monoisotopic (exact) mass is 381 g/mol. The minimum Gasteiger partial charge on any atom is -0.465 e. The van der Waals surface area contributed by atoms with Gasteiger partial charge >= 0.3 is 0 Å². The van der Waals surface area contributed by atoms with E-state index in [1.807, 2.05) is 51.4 Å². The zero-order chi connectivity index (χ0) is 19.7. The maximum absolute atomic E-state index is 13.0. The first-order chi connectivity index (χ1) is 13.4. The topological polar surface area (TPSA) is 39.9 Å². The Labute approximate surface area is 167 Å². The summed E-state index contributed by atoms with van der Waals surface area (Å²) in [6, 6.07) is 12.1. The zero-order valence-corrected chi connectivity index (χ0v) is 17.3. The lowest BCUT2D eigenvalue weighted by atomic mass is 9.79. The first-order valence-corrected chi connectivity index (χ1v) is 10.3. The summed E-state index contributed by atoms with van der Waals surface area (Å²) in [6.45, 7) is 6.76. The van der Waals surface area contributed by atoms with Crippen LogP contribution in [0.1, 0.15) is 41.1 Å². The lowest BCUT2D eigenvalue weighted by Crippen LogP contribution is -2.44. The van der Waals surface area contributed by atoms with Crippen molar-refractivity contribution in [3.05, 3.63) is 53.5 Å². The predicted molar refractivity (Wildman–Crippen MR) is 112 cm³/mol. The molecule has 150 valence electrons. The number of piperidine rings is 1. The molecule has 2 fully saturated rings. The van der Waals surface area contributed by atoms with E-state index in [0.717, 1.165) is 61.9 Å². The maximum atomic E-state index is 13.0. The van der Waals surface area contributed by atoms with E-state index >= 15 is 0 Å². The quantitative estimate of drug-likeness (QED) is 0.808. The summed E-state index contributed by atoms with van der Waals surface area (Å²) in [6.07, 6.45) is 3.51. The van der Waals surface area contributed by atoms with Crippen LogP contribution in [0.15, 0.2) is 40.8 Å². The van der Waals surface area contributed by atoms with Crippen LogP contribution in [-0.4, -0.2) is 56.0 Å². The van der Waals surface area contributed by atoms with Gasteiger partial charge in [-0.25, -0.2) is 0 Å². The van der Waals surface area contributed by atoms with Crippen molar-refractivity contribution in [1.82, 2.24) is 9.80 Å². The molecular formula is C23H31N3O2. The van der Waals surface area contributed by atoms with Crippen molar-refractivity contribution in [3.8, 4) is 0 Å². The highest BCUT2D eigenvalue weighted by Gasteiger charge is 2.42. The summed E-state index contributed by atoms with van der Waals surface area (Å²) in [4.78, 5) is 19.6. The molecule has 0 radical (unpaired) electrons. The lowest BCUT2D eigenvalue weighted by molar-refractivity contribution is 0.0658. The second kappa shape index (κ2) is 7.63. The van der Waals surface area contributed by atoms with Gasteiger partial charge in [0, 0.05) is 50.4 Å². The number of likely N-dealkylation sites (tertiary alicyclic amines) is 2. The van der Waals surface area contributed by atoms with E-state index in [4.69, 9.17) is 4.42 Å². The third kappa shape index (κ3) is 3.95. The number of nitrogens with zero attached hydrogens (tertiary/aromatic N) is 3. The van der Waals surface area contributed by atoms with E-state index in [0.29, 0.717) is 0 Å². The van der Waals surface area contributed by atoms with Crippen LogP contribution in [0.2, 0.25) is 0 Å². The summed E-state index contributed by atoms with van der Waals surface area (Å²) >= 11 is 0. The van der Waals surface area contributed by atoms with Crippen molar-refractivity contribution in [1.29, 1.82) is 0 Å². The Morgan fingerprint density at radius 2 is 1.86 bits per heavy atom. The van der Waals surface area contributed by atoms with Gasteiger partial charge in [-0.3, -0.25) is 9.69 Å². The van der Waals surface area contributed by atoms with E-state index in [1.165, 1.54) is 12.8 Å². The number of aryl methyl sites for hydroxylation is 1. The first kappa shape index (κ1) is 19.1. The Morgan fingerprint density at radius 1 is 1.07 bits per heavy atom. The third-order valence-corrected chi connectivity index (χ3v) is 6.27. The Morgan fingerprint density at radius 3 is 2.54 bits per heavy atom. The van der Waals surface area contributed by atoms with Crippen LogP contribution in [0.4, 0.5) is 5.69 Å². The van der Waals surface area contributed by atoms with Gasteiger partial charge in [0.2, 0.25) is 0 Å². The van der Waals surface area contributed by atoms with Crippen molar-refractivity contribution in [2.75, 3.05) is 45.2 Å². The van der Waals surface area contributed by atoms with Crippen molar-refractivity contribution in [3.63, 3.8) is 0 Å². The van der Waals surface area contributed by atoms with Crippen LogP contribution in [0.25, 0.3) is 0 Å². The molecule has 1 amide bonds. The highest BCUT2D eigenvalue weighted by Crippen LogP contribution is 2.40. The molecule has 0 unspecified atom stereocenters. The van der Waals surface area contributed by atoms with Crippen molar-refractivity contribution in [2.24, 2.45) is 5.41 Å². The van der Waals surface area contributed by atoms with Crippen LogP contribution in [0.5, 0.6) is 0 Å². The fourth-order valence-electron chi connectivity index (χ4n) is 4.76. The van der Waals surface area contributed by atoms with Gasteiger partial charge in [-0.05, 0) is 69.1 Å². The number of carbonyl (C=O) groups excluding carboxylic acids is 1. The average Bonchev–Trinajstić information content (AvgIpc) is 3.27. The summed E-state index contributed by atoms with van der Waals surface area (Å²) in [5.74, 6) is 2.18. The van der Waals surface area contributed by atoms with Crippen LogP contribution in [0, 0.1) is 12.3 Å². The number of hydrogen-bond acceptors (Lipinski definition) is 4. The van der Waals surface area contributed by atoms with Crippen LogP contribution in [-0.2, 0) is 6.54 Å². The van der Waals surface area contributed by atoms with Crippen molar-refractivity contribution in [2.45, 2.75) is 32.7 Å². The molecule has 3 heterocycles. The molecule has 1 aromatic heterocycles. The molecule has 1 aromatic carbocycles. The number of anilines is 1. The standard InChI is InChI=1S/C23H31N3O2/c1-18-5-10-21(28-18)15-25-13-4-11-23(16-25)12-14-26(17-23)22(27)19-6-8-20(9-7-19)24(2)3/h5-10H,4,11-17H2,1-3H3/t23-/m0/s1. The van der Waals surface area contributed by atoms with Gasteiger partial charge in [-0.15, -0.1) is 0 Å². The number of hydrogen-bond donors (Lipinski definition) is 0. The molecule has 2 saturated heterocycles. The highest BCUT2D eigenvalue weighted by atomic mass is 16.3. The Bertz CT molecular complexity index is 827. The second-order valence-electron chi connectivity index (χ2n) is 8.74. The Balaban J connectivity index is 1.40. The summed E-state index contributed by atoms with van der Waals surface area (Å²) in [5.41, 5.74) is 2.14. The van der Waals surface area contributed by atoms with Gasteiger partial charge in [0.25, 0.3) is 5.91 Å². The van der Waals surface area contributed by atoms with Gasteiger partial charge in [-0.2, -0.15) is 0 Å². The van der Waals surface area contributed by atoms with Gasteiger partial charge in [0.1, 0.15) is 11.5 Å². The highest BCUT2D eigenvalue weighted by molar-refractivity contribution is 5.94. The molecule has 2 aromatic rings. The average molecular weight is 382 g/mol. The van der Waals surface area contributed by atoms with Crippen LogP contribution < -0.4 is 4.90 Å². The van der Waals surface area contributed by atoms with E-state index in [1.54, 1.807) is 0 Å². The number of carbonyl (C=O) groups is 1. The van der Waals surface area contributed by atoms with E-state index in [9.17, 15) is 4.79 Å². The van der Waals surface area contributed by atoms with E-state index in [2.05, 4.69) is 20.8 Å². The molecule has 2 aliphatic heterocycles. The third-order valence-electron chi connectivity index (χ3n) is 6.27. The normalized spacial score (nSPS) is 22.8. The minimum atomic E-state index is 0.168. The number of benzene rings is 1. The summed E-state index contributed by atoms with van der Waals surface area (Å²) in [5, 5.41) is 0. The lowest BCUT2D eigenvalue weighted by Gasteiger charge is -2.40. The Hall–Kier alpha value is -2.27. The molecule has 1 atom stereocenters. The van der Waals surface area contributed by atoms with E-state index < -0.39 is 0 Å². The van der Waals surface area contributed by atoms with Gasteiger partial charge in [-0.1, -0.05) is 0 Å². The van der Waals surface area contributed by atoms with Crippen molar-refractivity contribution >= 4 is 11.6 Å². The molecule has 1 spiro atoms. The minimum absolute atomic E-state index is 0.168. The SMILES string of the molecule is Cc1ccc(CN2CCC[C@]3(CCN(C(=O)c4ccc(N(C)C)cc4)C3)C2)o1. The van der Waals surface area contributed by atoms with Gasteiger partial charge < -0.3 is 14.2 Å². The van der Waals surface area contributed by atoms with E-state index in [-0.39, 0.29) is 11.3 Å². The molecule has 2 aliphatic rings. The first-order valence-electron chi connectivity index (χ1n) is 10.3. The van der Waals surface area contributed by atoms with Gasteiger partial charge in [0.05, 0.1) is 6.54 Å². The fraction of sp³-hybridized carbons (Fsp3) is 0.522. The molecule has 4 rings (SSSR count). The molecule has 5 heteroatoms. The number of furan rings is 1. The molecular weight excluding hydrogens is 350 g/mol. The zero-order valence-electron chi connectivity index (χ0n) is 17.3. The van der Waals surface area contributed by atoms with Crippen molar-refractivity contribution < 1.29 is 9.21 Å². The molecule has 0 saturated carbocycles. The predicted octanol–water partition coefficient (Wildman–Crippen LogP) is 3.78.